The second-order valence-electron chi connectivity index (χ2n) is 5.70. The summed E-state index contributed by atoms with van der Waals surface area (Å²) in [5.74, 6) is -2.22. The maximum atomic E-state index is 9.10. The minimum Gasteiger partial charge on any atom is -0.473 e. The molecule has 2 aromatic carbocycles. The van der Waals surface area contributed by atoms with Crippen LogP contribution in [0.25, 0.3) is 29.1 Å². The summed E-state index contributed by atoms with van der Waals surface area (Å²) in [6.45, 7) is 0. The highest BCUT2D eigenvalue weighted by Gasteiger charge is 2.11. The van der Waals surface area contributed by atoms with Crippen LogP contribution in [0.5, 0.6) is 0 Å². The maximum Gasteiger partial charge on any atom is 0.414 e. The summed E-state index contributed by atoms with van der Waals surface area (Å²) in [4.78, 5) is 31.6. The van der Waals surface area contributed by atoms with E-state index >= 15 is 0 Å². The van der Waals surface area contributed by atoms with Crippen molar-refractivity contribution in [3.63, 3.8) is 0 Å². The molecule has 0 aliphatic heterocycles. The number of imidazole rings is 1. The molecule has 0 saturated heterocycles. The number of hydrogen-bond donors (Lipinski definition) is 2. The summed E-state index contributed by atoms with van der Waals surface area (Å²) in [6.07, 6.45) is 7.51. The molecule has 144 valence electrons. The minimum absolute atomic E-state index is 0.619. The number of fused-ring (bicyclic) bond motifs is 1. The molecule has 0 unspecified atom stereocenters. The number of carboxylic acid groups (broad SMARTS) is 2. The number of aromatic nitrogens is 4. The van der Waals surface area contributed by atoms with Gasteiger partial charge in [-0.3, -0.25) is 4.57 Å². The van der Waals surface area contributed by atoms with Gasteiger partial charge in [-0.25, -0.2) is 24.5 Å². The molecule has 8 nitrogen and oxygen atoms in total. The quantitative estimate of drug-likeness (QED) is 0.518. The van der Waals surface area contributed by atoms with Crippen molar-refractivity contribution in [2.24, 2.45) is 0 Å². The zero-order valence-electron chi connectivity index (χ0n) is 15.1. The van der Waals surface area contributed by atoms with Crippen molar-refractivity contribution in [3.05, 3.63) is 84.4 Å². The Morgan fingerprint density at radius 2 is 1.41 bits per heavy atom. The second-order valence-corrected chi connectivity index (χ2v) is 5.70. The average Bonchev–Trinajstić information content (AvgIpc) is 3.12. The summed E-state index contributed by atoms with van der Waals surface area (Å²) in [7, 11) is 0. The van der Waals surface area contributed by atoms with Gasteiger partial charge in [0.25, 0.3) is 0 Å². The summed E-state index contributed by atoms with van der Waals surface area (Å²) in [5, 5.41) is 14.8. The molecule has 0 aliphatic carbocycles. The van der Waals surface area contributed by atoms with Gasteiger partial charge in [-0.2, -0.15) is 0 Å². The highest BCUT2D eigenvalue weighted by atomic mass is 16.4. The van der Waals surface area contributed by atoms with Crippen LogP contribution in [0.1, 0.15) is 11.4 Å². The van der Waals surface area contributed by atoms with E-state index in [4.69, 9.17) is 24.8 Å². The number of benzene rings is 2. The lowest BCUT2D eigenvalue weighted by molar-refractivity contribution is -0.159. The number of carbonyl (C=O) groups is 2. The summed E-state index contributed by atoms with van der Waals surface area (Å²) < 4.78 is 1.97. The van der Waals surface area contributed by atoms with Crippen LogP contribution in [0.3, 0.4) is 0 Å². The first-order chi connectivity index (χ1) is 14.1. The maximum absolute atomic E-state index is 9.10. The molecule has 2 aromatic heterocycles. The molecule has 4 rings (SSSR count). The lowest BCUT2D eigenvalue weighted by Crippen LogP contribution is -2.09. The Bertz CT molecular complexity index is 1140. The highest BCUT2D eigenvalue weighted by Crippen LogP contribution is 2.20. The number of rotatable bonds is 3. The molecule has 29 heavy (non-hydrogen) atoms. The van der Waals surface area contributed by atoms with E-state index in [9.17, 15) is 0 Å². The fourth-order valence-electron chi connectivity index (χ4n) is 2.51. The van der Waals surface area contributed by atoms with Crippen LogP contribution in [-0.4, -0.2) is 41.7 Å². The van der Waals surface area contributed by atoms with Gasteiger partial charge in [-0.05, 0) is 29.8 Å². The van der Waals surface area contributed by atoms with Gasteiger partial charge < -0.3 is 10.2 Å². The summed E-state index contributed by atoms with van der Waals surface area (Å²) in [6, 6.07) is 20.0. The number of para-hydroxylation sites is 2. The monoisotopic (exact) mass is 388 g/mol. The lowest BCUT2D eigenvalue weighted by atomic mass is 10.2. The Labute approximate surface area is 165 Å². The molecule has 2 heterocycles. The van der Waals surface area contributed by atoms with Crippen LogP contribution >= 0.6 is 0 Å². The van der Waals surface area contributed by atoms with Crippen LogP contribution in [0, 0.1) is 0 Å². The van der Waals surface area contributed by atoms with Gasteiger partial charge in [0.1, 0.15) is 5.82 Å². The molecule has 0 amide bonds. The standard InChI is InChI=1S/C19H14N4.C2H2O4/c1-2-7-15(8-3-1)11-12-18-22-16-9-4-5-10-17(16)23(18)19-20-13-6-14-21-19;3-1(4)2(5)6/h1-14H;(H,3,4)(H,5,6)/b12-11+;. The first-order valence-electron chi connectivity index (χ1n) is 8.50. The Morgan fingerprint density at radius 1 is 0.793 bits per heavy atom. The Kier molecular flexibility index (Phi) is 6.06. The number of carboxylic acids is 2. The molecule has 0 spiro atoms. The van der Waals surface area contributed by atoms with Crippen LogP contribution < -0.4 is 0 Å². The van der Waals surface area contributed by atoms with Crippen molar-refractivity contribution in [2.75, 3.05) is 0 Å². The van der Waals surface area contributed by atoms with Gasteiger partial charge in [-0.1, -0.05) is 48.5 Å². The van der Waals surface area contributed by atoms with E-state index in [2.05, 4.69) is 22.1 Å². The second kappa shape index (κ2) is 9.05. The van der Waals surface area contributed by atoms with Crippen molar-refractivity contribution in [1.29, 1.82) is 0 Å². The summed E-state index contributed by atoms with van der Waals surface area (Å²) >= 11 is 0. The van der Waals surface area contributed by atoms with Gasteiger partial charge >= 0.3 is 11.9 Å². The van der Waals surface area contributed by atoms with Crippen LogP contribution in [0.15, 0.2) is 73.1 Å². The molecule has 0 bridgehead atoms. The summed E-state index contributed by atoms with van der Waals surface area (Å²) in [5.41, 5.74) is 3.04. The van der Waals surface area contributed by atoms with E-state index in [-0.39, 0.29) is 0 Å². The van der Waals surface area contributed by atoms with Crippen LogP contribution in [0.4, 0.5) is 0 Å². The predicted molar refractivity (Wildman–Crippen MR) is 107 cm³/mol. The molecular formula is C21H16N4O4. The van der Waals surface area contributed by atoms with Gasteiger partial charge in [-0.15, -0.1) is 0 Å². The number of hydrogen-bond acceptors (Lipinski definition) is 5. The van der Waals surface area contributed by atoms with Gasteiger partial charge in [0.2, 0.25) is 5.95 Å². The topological polar surface area (TPSA) is 118 Å². The normalized spacial score (nSPS) is 10.5. The SMILES string of the molecule is C(=C\c1nc2ccccc2n1-c1ncccn1)/c1ccccc1.O=C(O)C(=O)O. The van der Waals surface area contributed by atoms with Crippen molar-refractivity contribution in [1.82, 2.24) is 19.5 Å². The fraction of sp³-hybridized carbons (Fsp3) is 0. The molecule has 8 heteroatoms. The number of aliphatic carboxylic acids is 2. The molecule has 4 aromatic rings. The predicted octanol–water partition coefficient (Wildman–Crippen LogP) is 3.14. The van der Waals surface area contributed by atoms with Gasteiger partial charge in [0.15, 0.2) is 0 Å². The third-order valence-corrected chi connectivity index (χ3v) is 3.75. The van der Waals surface area contributed by atoms with E-state index < -0.39 is 11.9 Å². The van der Waals surface area contributed by atoms with Gasteiger partial charge in [0, 0.05) is 12.4 Å². The molecule has 0 radical (unpaired) electrons. The largest absolute Gasteiger partial charge is 0.473 e. The smallest absolute Gasteiger partial charge is 0.414 e. The molecular weight excluding hydrogens is 372 g/mol. The van der Waals surface area contributed by atoms with Crippen molar-refractivity contribution in [2.45, 2.75) is 0 Å². The van der Waals surface area contributed by atoms with E-state index in [1.54, 1.807) is 12.4 Å². The third-order valence-electron chi connectivity index (χ3n) is 3.75. The van der Waals surface area contributed by atoms with Crippen molar-refractivity contribution >= 4 is 35.1 Å². The zero-order chi connectivity index (χ0) is 20.6. The fourth-order valence-corrected chi connectivity index (χ4v) is 2.51. The van der Waals surface area contributed by atoms with Crippen molar-refractivity contribution in [3.8, 4) is 5.95 Å². The minimum atomic E-state index is -1.82. The Hall–Kier alpha value is -4.33. The van der Waals surface area contributed by atoms with E-state index in [1.165, 1.54) is 0 Å². The van der Waals surface area contributed by atoms with E-state index in [0.717, 1.165) is 22.4 Å². The average molecular weight is 388 g/mol. The Morgan fingerprint density at radius 3 is 2.07 bits per heavy atom. The molecule has 0 fully saturated rings. The third kappa shape index (κ3) is 4.89. The molecule has 0 saturated carbocycles. The van der Waals surface area contributed by atoms with Gasteiger partial charge in [0.05, 0.1) is 11.0 Å². The first kappa shape index (κ1) is 19.4. The Balaban J connectivity index is 0.000000353. The molecule has 2 N–H and O–H groups in total. The van der Waals surface area contributed by atoms with E-state index in [0.29, 0.717) is 5.95 Å². The van der Waals surface area contributed by atoms with Crippen LogP contribution in [0.2, 0.25) is 0 Å². The lowest BCUT2D eigenvalue weighted by Gasteiger charge is -2.04. The molecule has 0 aliphatic rings. The highest BCUT2D eigenvalue weighted by molar-refractivity contribution is 6.27. The number of nitrogens with zero attached hydrogens (tertiary/aromatic N) is 4. The van der Waals surface area contributed by atoms with Crippen molar-refractivity contribution < 1.29 is 19.8 Å². The zero-order valence-corrected chi connectivity index (χ0v) is 15.1. The molecule has 0 atom stereocenters. The first-order valence-corrected chi connectivity index (χ1v) is 8.50. The van der Waals surface area contributed by atoms with Crippen LogP contribution in [-0.2, 0) is 9.59 Å². The van der Waals surface area contributed by atoms with E-state index in [1.807, 2.05) is 65.3 Å².